The molecule has 2 aliphatic rings. The topological polar surface area (TPSA) is 115 Å². The number of nitrogens with zero attached hydrogens (tertiary/aromatic N) is 3. The van der Waals surface area contributed by atoms with Crippen molar-refractivity contribution >= 4 is 5.91 Å². The van der Waals surface area contributed by atoms with Gasteiger partial charge in [-0.1, -0.05) is 5.16 Å². The zero-order valence-corrected chi connectivity index (χ0v) is 13.2. The highest BCUT2D eigenvalue weighted by Crippen LogP contribution is 2.45. The Morgan fingerprint density at radius 2 is 2.38 bits per heavy atom. The Kier molecular flexibility index (Phi) is 3.72. The Hall–Kier alpha value is -2.42. The summed E-state index contributed by atoms with van der Waals surface area (Å²) in [6, 6.07) is 1.65. The molecule has 1 aliphatic heterocycles. The highest BCUT2D eigenvalue weighted by atomic mass is 16.5. The lowest BCUT2D eigenvalue weighted by molar-refractivity contribution is 0.0334. The Morgan fingerprint density at radius 1 is 1.50 bits per heavy atom. The smallest absolute Gasteiger partial charge is 0.381 e. The maximum absolute atomic E-state index is 12.5. The number of nitrogens with one attached hydrogen (secondary N) is 2. The number of aromatic amines is 1. The molecular formula is C15H19N5O4. The van der Waals surface area contributed by atoms with Gasteiger partial charge in [-0.2, -0.15) is 5.10 Å². The third-order valence-electron chi connectivity index (χ3n) is 4.76. The van der Waals surface area contributed by atoms with Crippen molar-refractivity contribution in [3.8, 4) is 0 Å². The van der Waals surface area contributed by atoms with Crippen molar-refractivity contribution in [2.75, 3.05) is 13.2 Å². The summed E-state index contributed by atoms with van der Waals surface area (Å²) in [7, 11) is 0. The van der Waals surface area contributed by atoms with Crippen LogP contribution in [-0.4, -0.2) is 44.6 Å². The third-order valence-corrected chi connectivity index (χ3v) is 4.76. The fourth-order valence-electron chi connectivity index (χ4n) is 3.29. The van der Waals surface area contributed by atoms with Crippen LogP contribution in [0.4, 0.5) is 0 Å². The first-order valence-corrected chi connectivity index (χ1v) is 8.13. The van der Waals surface area contributed by atoms with Crippen LogP contribution in [0.3, 0.4) is 0 Å². The molecule has 0 bridgehead atoms. The standard InChI is InChI=1S/C15H19N5O4/c21-13(17-15(4-5-15)10-2-1-7-23-9-10)11-3-6-20(18-11)8-12-16-14(22)24-19-12/h3,6,10H,1-2,4-5,7-9H2,(H,17,21)(H,16,19,22). The van der Waals surface area contributed by atoms with Gasteiger partial charge in [0.15, 0.2) is 5.82 Å². The van der Waals surface area contributed by atoms with E-state index < -0.39 is 5.76 Å². The van der Waals surface area contributed by atoms with Crippen LogP contribution in [0.5, 0.6) is 0 Å². The zero-order chi connectivity index (χ0) is 16.6. The van der Waals surface area contributed by atoms with Gasteiger partial charge in [0.2, 0.25) is 0 Å². The maximum atomic E-state index is 12.5. The lowest BCUT2D eigenvalue weighted by atomic mass is 9.91. The summed E-state index contributed by atoms with van der Waals surface area (Å²) >= 11 is 0. The van der Waals surface area contributed by atoms with E-state index >= 15 is 0 Å². The number of carbonyl (C=O) groups is 1. The van der Waals surface area contributed by atoms with Gasteiger partial charge in [0.05, 0.1) is 6.61 Å². The van der Waals surface area contributed by atoms with E-state index in [1.807, 2.05) is 0 Å². The van der Waals surface area contributed by atoms with Crippen molar-refractivity contribution in [1.82, 2.24) is 25.2 Å². The molecule has 2 aromatic heterocycles. The van der Waals surface area contributed by atoms with Crippen molar-refractivity contribution in [2.45, 2.75) is 37.8 Å². The first-order chi connectivity index (χ1) is 11.6. The van der Waals surface area contributed by atoms with Crippen LogP contribution in [0.2, 0.25) is 0 Å². The summed E-state index contributed by atoms with van der Waals surface area (Å²) in [5.41, 5.74) is 0.224. The van der Waals surface area contributed by atoms with Crippen LogP contribution < -0.4 is 11.1 Å². The lowest BCUT2D eigenvalue weighted by Crippen LogP contribution is -2.45. The molecule has 0 spiro atoms. The van der Waals surface area contributed by atoms with Crippen LogP contribution >= 0.6 is 0 Å². The van der Waals surface area contributed by atoms with Gasteiger partial charge in [-0.25, -0.2) is 4.79 Å². The fourth-order valence-corrected chi connectivity index (χ4v) is 3.29. The van der Waals surface area contributed by atoms with Gasteiger partial charge in [0, 0.05) is 24.3 Å². The minimum absolute atomic E-state index is 0.126. The molecular weight excluding hydrogens is 314 g/mol. The largest absolute Gasteiger partial charge is 0.438 e. The van der Waals surface area contributed by atoms with Crippen molar-refractivity contribution in [2.24, 2.45) is 5.92 Å². The summed E-state index contributed by atoms with van der Waals surface area (Å²) in [6.07, 6.45) is 5.80. The van der Waals surface area contributed by atoms with E-state index in [9.17, 15) is 9.59 Å². The summed E-state index contributed by atoms with van der Waals surface area (Å²) in [5.74, 6) is -0.0449. The molecule has 128 valence electrons. The predicted octanol–water partition coefficient (Wildman–Crippen LogP) is 0.297. The molecule has 1 atom stereocenters. The van der Waals surface area contributed by atoms with Gasteiger partial charge in [-0.15, -0.1) is 0 Å². The highest BCUT2D eigenvalue weighted by molar-refractivity contribution is 5.93. The van der Waals surface area contributed by atoms with Crippen molar-refractivity contribution in [1.29, 1.82) is 0 Å². The molecule has 9 heteroatoms. The van der Waals surface area contributed by atoms with Gasteiger partial charge in [0.25, 0.3) is 5.91 Å². The van der Waals surface area contributed by atoms with E-state index in [1.165, 1.54) is 4.68 Å². The van der Waals surface area contributed by atoms with Gasteiger partial charge in [-0.3, -0.25) is 19.0 Å². The van der Waals surface area contributed by atoms with Crippen LogP contribution in [0.25, 0.3) is 0 Å². The molecule has 1 saturated carbocycles. The molecule has 9 nitrogen and oxygen atoms in total. The summed E-state index contributed by atoms with van der Waals surface area (Å²) in [5, 5.41) is 11.0. The summed E-state index contributed by atoms with van der Waals surface area (Å²) in [6.45, 7) is 1.77. The van der Waals surface area contributed by atoms with Crippen molar-refractivity contribution in [3.63, 3.8) is 0 Å². The minimum atomic E-state index is -0.611. The van der Waals surface area contributed by atoms with Crippen molar-refractivity contribution in [3.05, 3.63) is 34.3 Å². The van der Waals surface area contributed by atoms with E-state index in [-0.39, 0.29) is 18.0 Å². The molecule has 2 aromatic rings. The number of aromatic nitrogens is 4. The fraction of sp³-hybridized carbons (Fsp3) is 0.600. The number of rotatable bonds is 5. The first-order valence-electron chi connectivity index (χ1n) is 8.13. The second kappa shape index (κ2) is 5.90. The number of ether oxygens (including phenoxy) is 1. The highest BCUT2D eigenvalue weighted by Gasteiger charge is 2.50. The SMILES string of the molecule is O=C(NC1(C2CCCOC2)CC1)c1ccn(Cc2noc(=O)[nH]2)n1. The van der Waals surface area contributed by atoms with Crippen LogP contribution in [0.1, 0.15) is 42.0 Å². The van der Waals surface area contributed by atoms with Gasteiger partial charge in [0.1, 0.15) is 12.2 Å². The summed E-state index contributed by atoms with van der Waals surface area (Å²) in [4.78, 5) is 25.9. The van der Waals surface area contributed by atoms with Crippen molar-refractivity contribution < 1.29 is 14.1 Å². The average molecular weight is 333 g/mol. The zero-order valence-electron chi connectivity index (χ0n) is 13.2. The predicted molar refractivity (Wildman–Crippen MR) is 81.4 cm³/mol. The monoisotopic (exact) mass is 333 g/mol. The Labute approximate surface area is 137 Å². The normalized spacial score (nSPS) is 22.2. The molecule has 2 fully saturated rings. The Morgan fingerprint density at radius 3 is 3.04 bits per heavy atom. The maximum Gasteiger partial charge on any atom is 0.438 e. The Bertz CT molecular complexity index is 782. The van der Waals surface area contributed by atoms with Gasteiger partial charge < -0.3 is 10.1 Å². The van der Waals surface area contributed by atoms with E-state index in [4.69, 9.17) is 4.74 Å². The van der Waals surface area contributed by atoms with Crippen LogP contribution in [0, 0.1) is 5.92 Å². The number of carbonyl (C=O) groups excluding carboxylic acids is 1. The van der Waals surface area contributed by atoms with Crippen LogP contribution in [0.15, 0.2) is 21.6 Å². The third kappa shape index (κ3) is 2.99. The second-order valence-corrected chi connectivity index (χ2v) is 6.46. The molecule has 1 amide bonds. The molecule has 1 unspecified atom stereocenters. The second-order valence-electron chi connectivity index (χ2n) is 6.46. The van der Waals surface area contributed by atoms with E-state index in [2.05, 4.69) is 25.1 Å². The molecule has 0 aromatic carbocycles. The molecule has 1 saturated heterocycles. The molecule has 0 radical (unpaired) electrons. The molecule has 1 aliphatic carbocycles. The molecule has 3 heterocycles. The molecule has 2 N–H and O–H groups in total. The number of amides is 1. The minimum Gasteiger partial charge on any atom is -0.381 e. The first kappa shape index (κ1) is 15.1. The van der Waals surface area contributed by atoms with Crippen LogP contribution in [-0.2, 0) is 11.3 Å². The molecule has 4 rings (SSSR count). The number of H-pyrrole nitrogens is 1. The van der Waals surface area contributed by atoms with Gasteiger partial charge >= 0.3 is 5.76 Å². The average Bonchev–Trinajstić information content (AvgIpc) is 3.02. The lowest BCUT2D eigenvalue weighted by Gasteiger charge is -2.30. The molecule has 24 heavy (non-hydrogen) atoms. The number of hydrogen-bond acceptors (Lipinski definition) is 6. The summed E-state index contributed by atoms with van der Waals surface area (Å²) < 4.78 is 11.5. The van der Waals surface area contributed by atoms with E-state index in [0.29, 0.717) is 24.0 Å². The quantitative estimate of drug-likeness (QED) is 0.813. The number of hydrogen-bond donors (Lipinski definition) is 2. The van der Waals surface area contributed by atoms with Gasteiger partial charge in [-0.05, 0) is 31.7 Å². The van der Waals surface area contributed by atoms with E-state index in [1.54, 1.807) is 12.3 Å². The van der Waals surface area contributed by atoms with E-state index in [0.717, 1.165) is 32.3 Å². The Balaban J connectivity index is 1.40.